The number of hydrogen-bond donors (Lipinski definition) is 0. The van der Waals surface area contributed by atoms with E-state index < -0.39 is 5.41 Å². The molecule has 3 aromatic rings. The molecule has 226 valence electrons. The average Bonchev–Trinajstić information content (AvgIpc) is 3.19. The second kappa shape index (κ2) is 14.2. The Hall–Kier alpha value is -3.72. The number of nitrogens with zero attached hydrogens (tertiary/aromatic N) is 2. The molecule has 1 heterocycles. The fourth-order valence-corrected chi connectivity index (χ4v) is 6.68. The molecule has 0 radical (unpaired) electrons. The van der Waals surface area contributed by atoms with E-state index in [0.717, 1.165) is 50.9 Å². The highest BCUT2D eigenvalue weighted by Gasteiger charge is 2.37. The zero-order chi connectivity index (χ0) is 29.7. The smallest absolute Gasteiger partial charge is 0.203 e. The van der Waals surface area contributed by atoms with Crippen LogP contribution < -0.4 is 14.2 Å². The number of ether oxygens (including phenoxy) is 3. The van der Waals surface area contributed by atoms with Gasteiger partial charge in [0.2, 0.25) is 5.75 Å². The van der Waals surface area contributed by atoms with Crippen LogP contribution in [0.5, 0.6) is 17.2 Å². The zero-order valence-electron chi connectivity index (χ0n) is 26.0. The van der Waals surface area contributed by atoms with Crippen LogP contribution in [0.25, 0.3) is 17.7 Å². The number of hydrogen-bond acceptors (Lipinski definition) is 5. The van der Waals surface area contributed by atoms with Crippen LogP contribution >= 0.6 is 12.4 Å². The molecule has 2 aliphatic rings. The fraction of sp³-hybridized carbons (Fsp3) is 0.378. The highest BCUT2D eigenvalue weighted by molar-refractivity contribution is 5.94. The Labute approximate surface area is 263 Å². The van der Waals surface area contributed by atoms with Gasteiger partial charge in [-0.15, -0.1) is 12.4 Å². The van der Waals surface area contributed by atoms with E-state index in [1.54, 1.807) is 26.9 Å². The summed E-state index contributed by atoms with van der Waals surface area (Å²) in [6.45, 7) is 7.29. The van der Waals surface area contributed by atoms with Gasteiger partial charge in [0.1, 0.15) is 0 Å². The first kappa shape index (κ1) is 32.2. The van der Waals surface area contributed by atoms with Crippen LogP contribution in [0.2, 0.25) is 0 Å². The van der Waals surface area contributed by atoms with Crippen molar-refractivity contribution in [3.05, 3.63) is 94.1 Å². The molecule has 1 saturated heterocycles. The van der Waals surface area contributed by atoms with Crippen molar-refractivity contribution < 1.29 is 14.2 Å². The summed E-state index contributed by atoms with van der Waals surface area (Å²) >= 11 is 0. The number of halogens is 1. The van der Waals surface area contributed by atoms with E-state index in [9.17, 15) is 5.26 Å². The Morgan fingerprint density at radius 3 is 1.84 bits per heavy atom. The normalized spacial score (nSPS) is 15.8. The van der Waals surface area contributed by atoms with Gasteiger partial charge in [0.05, 0.1) is 32.8 Å². The maximum Gasteiger partial charge on any atom is 0.203 e. The van der Waals surface area contributed by atoms with Gasteiger partial charge in [0.15, 0.2) is 11.5 Å². The Morgan fingerprint density at radius 1 is 0.837 bits per heavy atom. The molecular formula is C37H43ClN2O3. The molecular weight excluding hydrogens is 556 g/mol. The molecule has 0 saturated carbocycles. The lowest BCUT2D eigenvalue weighted by atomic mass is 9.69. The van der Waals surface area contributed by atoms with E-state index in [-0.39, 0.29) is 18.3 Å². The van der Waals surface area contributed by atoms with Gasteiger partial charge in [-0.2, -0.15) is 5.26 Å². The van der Waals surface area contributed by atoms with Crippen LogP contribution in [-0.2, 0) is 5.41 Å². The SMILES string of the molecule is COc1cc(C(C#N)(CCCN2CCC(=C3c4ccccc4C=Cc4ccccc43)CC2)C(C)C)cc(OC)c1OC.Cl. The molecule has 0 spiro atoms. The summed E-state index contributed by atoms with van der Waals surface area (Å²) in [6, 6.07) is 24.1. The fourth-order valence-electron chi connectivity index (χ4n) is 6.68. The van der Waals surface area contributed by atoms with Crippen molar-refractivity contribution in [2.24, 2.45) is 5.92 Å². The van der Waals surface area contributed by atoms with Crippen molar-refractivity contribution in [1.82, 2.24) is 4.90 Å². The van der Waals surface area contributed by atoms with Crippen molar-refractivity contribution >= 4 is 30.1 Å². The van der Waals surface area contributed by atoms with Crippen LogP contribution in [0, 0.1) is 17.2 Å². The molecule has 0 bridgehead atoms. The van der Waals surface area contributed by atoms with E-state index in [0.29, 0.717) is 17.2 Å². The van der Waals surface area contributed by atoms with Gasteiger partial charge in [-0.25, -0.2) is 0 Å². The minimum atomic E-state index is -0.656. The van der Waals surface area contributed by atoms with Gasteiger partial charge < -0.3 is 19.1 Å². The van der Waals surface area contributed by atoms with Crippen molar-refractivity contribution in [3.63, 3.8) is 0 Å². The molecule has 1 atom stereocenters. The highest BCUT2D eigenvalue weighted by Crippen LogP contribution is 2.45. The van der Waals surface area contributed by atoms with E-state index in [1.165, 1.54) is 27.8 Å². The molecule has 1 aliphatic carbocycles. The predicted octanol–water partition coefficient (Wildman–Crippen LogP) is 8.41. The first-order valence-corrected chi connectivity index (χ1v) is 15.0. The van der Waals surface area contributed by atoms with Crippen molar-refractivity contribution in [3.8, 4) is 23.3 Å². The van der Waals surface area contributed by atoms with Gasteiger partial charge in [0, 0.05) is 13.1 Å². The molecule has 5 nitrogen and oxygen atoms in total. The first-order valence-electron chi connectivity index (χ1n) is 15.0. The summed E-state index contributed by atoms with van der Waals surface area (Å²) in [5.74, 6) is 1.83. The minimum Gasteiger partial charge on any atom is -0.493 e. The zero-order valence-corrected chi connectivity index (χ0v) is 26.8. The molecule has 3 aromatic carbocycles. The van der Waals surface area contributed by atoms with E-state index in [4.69, 9.17) is 14.2 Å². The third kappa shape index (κ3) is 6.32. The second-order valence-corrected chi connectivity index (χ2v) is 11.6. The molecule has 1 aliphatic heterocycles. The third-order valence-electron chi connectivity index (χ3n) is 9.13. The molecule has 0 N–H and O–H groups in total. The molecule has 5 rings (SSSR count). The summed E-state index contributed by atoms with van der Waals surface area (Å²) in [5.41, 5.74) is 8.46. The number of benzene rings is 3. The number of piperidine rings is 1. The monoisotopic (exact) mass is 598 g/mol. The van der Waals surface area contributed by atoms with Crippen LogP contribution in [0.3, 0.4) is 0 Å². The first-order chi connectivity index (χ1) is 20.4. The van der Waals surface area contributed by atoms with E-state index in [1.807, 2.05) is 12.1 Å². The van der Waals surface area contributed by atoms with E-state index >= 15 is 0 Å². The quantitative estimate of drug-likeness (QED) is 0.194. The summed E-state index contributed by atoms with van der Waals surface area (Å²) < 4.78 is 16.8. The number of methoxy groups -OCH3 is 3. The third-order valence-corrected chi connectivity index (χ3v) is 9.13. The average molecular weight is 599 g/mol. The van der Waals surface area contributed by atoms with Crippen molar-refractivity contribution in [2.75, 3.05) is 41.0 Å². The van der Waals surface area contributed by atoms with Crippen LogP contribution in [0.4, 0.5) is 0 Å². The Bertz CT molecular complexity index is 1450. The topological polar surface area (TPSA) is 54.7 Å². The second-order valence-electron chi connectivity index (χ2n) is 11.6. The maximum atomic E-state index is 10.6. The molecule has 1 fully saturated rings. The van der Waals surface area contributed by atoms with Crippen molar-refractivity contribution in [2.45, 2.75) is 44.9 Å². The lowest BCUT2D eigenvalue weighted by Crippen LogP contribution is -2.35. The Morgan fingerprint density at radius 2 is 1.37 bits per heavy atom. The summed E-state index contributed by atoms with van der Waals surface area (Å²) in [4.78, 5) is 2.56. The minimum absolute atomic E-state index is 0. The summed E-state index contributed by atoms with van der Waals surface area (Å²) in [7, 11) is 4.84. The number of likely N-dealkylation sites (tertiary alicyclic amines) is 1. The van der Waals surface area contributed by atoms with Gasteiger partial charge in [0.25, 0.3) is 0 Å². The lowest BCUT2D eigenvalue weighted by Gasteiger charge is -2.34. The predicted molar refractivity (Wildman–Crippen MR) is 178 cm³/mol. The lowest BCUT2D eigenvalue weighted by molar-refractivity contribution is 0.237. The van der Waals surface area contributed by atoms with E-state index in [2.05, 4.69) is 85.5 Å². The Balaban J connectivity index is 0.00000423. The van der Waals surface area contributed by atoms with Crippen molar-refractivity contribution in [1.29, 1.82) is 5.26 Å². The maximum absolute atomic E-state index is 10.6. The number of nitriles is 1. The molecule has 1 unspecified atom stereocenters. The molecule has 0 aromatic heterocycles. The van der Waals surface area contributed by atoms with Crippen LogP contribution in [0.1, 0.15) is 67.3 Å². The molecule has 43 heavy (non-hydrogen) atoms. The summed E-state index contributed by atoms with van der Waals surface area (Å²) in [5, 5.41) is 10.6. The molecule has 0 amide bonds. The number of fused-ring (bicyclic) bond motifs is 2. The van der Waals surface area contributed by atoms with Gasteiger partial charge in [-0.3, -0.25) is 0 Å². The Kier molecular flexibility index (Phi) is 10.6. The van der Waals surface area contributed by atoms with Gasteiger partial charge >= 0.3 is 0 Å². The standard InChI is InChI=1S/C37H42N2O3.ClH/c1-26(2)37(25-38,30-23-33(40-3)36(42-5)34(24-30)41-4)19-10-20-39-21-17-29(18-22-39)35-31-13-8-6-11-27(31)15-16-28-12-7-9-14-32(28)35;/h6-9,11-16,23-24,26H,10,17-22H2,1-5H3;1H. The van der Waals surface area contributed by atoms with Crippen LogP contribution in [-0.4, -0.2) is 45.9 Å². The number of rotatable bonds is 9. The van der Waals surface area contributed by atoms with Gasteiger partial charge in [-0.05, 0) is 83.7 Å². The van der Waals surface area contributed by atoms with Crippen LogP contribution in [0.15, 0.2) is 66.2 Å². The molecule has 6 heteroatoms. The van der Waals surface area contributed by atoms with Gasteiger partial charge in [-0.1, -0.05) is 80.1 Å². The summed E-state index contributed by atoms with van der Waals surface area (Å²) in [6.07, 6.45) is 8.31. The highest BCUT2D eigenvalue weighted by atomic mass is 35.5. The largest absolute Gasteiger partial charge is 0.493 e.